The summed E-state index contributed by atoms with van der Waals surface area (Å²) in [6.07, 6.45) is 4.32. The van der Waals surface area contributed by atoms with Gasteiger partial charge in [0.05, 0.1) is 18.2 Å². The van der Waals surface area contributed by atoms with Crippen LogP contribution in [0.15, 0.2) is 42.7 Å². The van der Waals surface area contributed by atoms with Crippen molar-refractivity contribution in [2.75, 3.05) is 18.0 Å². The van der Waals surface area contributed by atoms with Crippen LogP contribution < -0.4 is 9.64 Å². The second kappa shape index (κ2) is 6.02. The SMILES string of the molecule is N#Cc1ccc(N2CCC(Oc3ccncc3Cl)C2)cc1. The van der Waals surface area contributed by atoms with Gasteiger partial charge in [-0.1, -0.05) is 11.6 Å². The van der Waals surface area contributed by atoms with Gasteiger partial charge in [0.2, 0.25) is 0 Å². The van der Waals surface area contributed by atoms with Crippen LogP contribution in [0.4, 0.5) is 5.69 Å². The van der Waals surface area contributed by atoms with Crippen molar-refractivity contribution in [3.63, 3.8) is 0 Å². The Kier molecular flexibility index (Phi) is 3.94. The van der Waals surface area contributed by atoms with Gasteiger partial charge in [0.1, 0.15) is 16.9 Å². The van der Waals surface area contributed by atoms with E-state index in [9.17, 15) is 0 Å². The van der Waals surface area contributed by atoms with Crippen LogP contribution >= 0.6 is 11.6 Å². The second-order valence-electron chi connectivity index (χ2n) is 4.94. The summed E-state index contributed by atoms with van der Waals surface area (Å²) in [4.78, 5) is 6.20. The zero-order valence-electron chi connectivity index (χ0n) is 11.4. The predicted octanol–water partition coefficient (Wildman–Crippen LogP) is 3.26. The van der Waals surface area contributed by atoms with Gasteiger partial charge in [-0.3, -0.25) is 4.98 Å². The van der Waals surface area contributed by atoms with Crippen molar-refractivity contribution in [1.29, 1.82) is 5.26 Å². The maximum absolute atomic E-state index is 8.82. The van der Waals surface area contributed by atoms with E-state index in [-0.39, 0.29) is 6.10 Å². The van der Waals surface area contributed by atoms with E-state index in [2.05, 4.69) is 16.0 Å². The van der Waals surface area contributed by atoms with Gasteiger partial charge in [0.25, 0.3) is 0 Å². The number of aromatic nitrogens is 1. The molecule has 1 saturated heterocycles. The number of ether oxygens (including phenoxy) is 1. The molecule has 1 unspecified atom stereocenters. The van der Waals surface area contributed by atoms with Crippen molar-refractivity contribution >= 4 is 17.3 Å². The normalized spacial score (nSPS) is 17.5. The molecule has 1 atom stereocenters. The number of hydrogen-bond acceptors (Lipinski definition) is 4. The van der Waals surface area contributed by atoms with Gasteiger partial charge in [0, 0.05) is 37.1 Å². The number of nitrogens with zero attached hydrogens (tertiary/aromatic N) is 3. The van der Waals surface area contributed by atoms with Crippen molar-refractivity contribution < 1.29 is 4.74 Å². The molecule has 0 radical (unpaired) electrons. The van der Waals surface area contributed by atoms with E-state index in [0.717, 1.165) is 25.2 Å². The summed E-state index contributed by atoms with van der Waals surface area (Å²) >= 11 is 6.06. The number of halogens is 1. The van der Waals surface area contributed by atoms with Gasteiger partial charge in [-0.2, -0.15) is 5.26 Å². The van der Waals surface area contributed by atoms with Gasteiger partial charge in [-0.25, -0.2) is 0 Å². The fraction of sp³-hybridized carbons (Fsp3) is 0.250. The first kappa shape index (κ1) is 13.7. The average Bonchev–Trinajstić information content (AvgIpc) is 2.98. The zero-order valence-corrected chi connectivity index (χ0v) is 12.1. The van der Waals surface area contributed by atoms with Gasteiger partial charge in [-0.05, 0) is 24.3 Å². The lowest BCUT2D eigenvalue weighted by Crippen LogP contribution is -2.24. The molecule has 1 aliphatic rings. The monoisotopic (exact) mass is 299 g/mol. The van der Waals surface area contributed by atoms with Crippen LogP contribution in [0.25, 0.3) is 0 Å². The molecule has 106 valence electrons. The molecule has 1 aromatic heterocycles. The Balaban J connectivity index is 1.65. The predicted molar refractivity (Wildman–Crippen MR) is 81.7 cm³/mol. The summed E-state index contributed by atoms with van der Waals surface area (Å²) in [6, 6.07) is 11.5. The number of hydrogen-bond donors (Lipinski definition) is 0. The number of nitriles is 1. The first-order valence-corrected chi connectivity index (χ1v) is 7.15. The summed E-state index contributed by atoms with van der Waals surface area (Å²) in [5, 5.41) is 9.36. The van der Waals surface area contributed by atoms with Crippen LogP contribution in [0.1, 0.15) is 12.0 Å². The van der Waals surface area contributed by atoms with Crippen LogP contribution in [0.2, 0.25) is 5.02 Å². The fourth-order valence-corrected chi connectivity index (χ4v) is 2.61. The lowest BCUT2D eigenvalue weighted by molar-refractivity contribution is 0.225. The highest BCUT2D eigenvalue weighted by Gasteiger charge is 2.24. The first-order valence-electron chi connectivity index (χ1n) is 6.77. The topological polar surface area (TPSA) is 49.2 Å². The minimum Gasteiger partial charge on any atom is -0.487 e. The smallest absolute Gasteiger partial charge is 0.141 e. The van der Waals surface area contributed by atoms with Crippen molar-refractivity contribution in [1.82, 2.24) is 4.98 Å². The van der Waals surface area contributed by atoms with E-state index in [1.54, 1.807) is 18.5 Å². The standard InChI is InChI=1S/C16H14ClN3O/c17-15-10-19-7-5-16(15)21-14-6-8-20(11-14)13-3-1-12(9-18)2-4-13/h1-5,7,10,14H,6,8,11H2. The highest BCUT2D eigenvalue weighted by Crippen LogP contribution is 2.27. The third-order valence-corrected chi connectivity index (χ3v) is 3.82. The van der Waals surface area contributed by atoms with E-state index in [4.69, 9.17) is 21.6 Å². The molecular formula is C16H14ClN3O. The van der Waals surface area contributed by atoms with E-state index in [1.807, 2.05) is 24.3 Å². The molecule has 0 N–H and O–H groups in total. The number of benzene rings is 1. The Hall–Kier alpha value is -2.25. The van der Waals surface area contributed by atoms with Crippen LogP contribution in [-0.2, 0) is 0 Å². The van der Waals surface area contributed by atoms with Crippen LogP contribution in [0.3, 0.4) is 0 Å². The van der Waals surface area contributed by atoms with Crippen LogP contribution in [-0.4, -0.2) is 24.2 Å². The van der Waals surface area contributed by atoms with Gasteiger partial charge in [-0.15, -0.1) is 0 Å². The van der Waals surface area contributed by atoms with Crippen LogP contribution in [0.5, 0.6) is 5.75 Å². The Labute approximate surface area is 128 Å². The molecule has 2 heterocycles. The quantitative estimate of drug-likeness (QED) is 0.873. The summed E-state index contributed by atoms with van der Waals surface area (Å²) in [5.41, 5.74) is 1.79. The van der Waals surface area contributed by atoms with Crippen molar-refractivity contribution in [2.24, 2.45) is 0 Å². The summed E-state index contributed by atoms with van der Waals surface area (Å²) < 4.78 is 5.94. The molecule has 2 aromatic rings. The Morgan fingerprint density at radius 3 is 2.81 bits per heavy atom. The molecular weight excluding hydrogens is 286 g/mol. The lowest BCUT2D eigenvalue weighted by atomic mass is 10.2. The largest absolute Gasteiger partial charge is 0.487 e. The molecule has 3 rings (SSSR count). The number of rotatable bonds is 3. The summed E-state index contributed by atoms with van der Waals surface area (Å²) in [6.45, 7) is 1.74. The number of pyridine rings is 1. The van der Waals surface area contributed by atoms with Crippen molar-refractivity contribution in [3.05, 3.63) is 53.3 Å². The maximum atomic E-state index is 8.82. The Morgan fingerprint density at radius 2 is 2.10 bits per heavy atom. The molecule has 1 aliphatic heterocycles. The molecule has 0 bridgehead atoms. The average molecular weight is 300 g/mol. The summed E-state index contributed by atoms with van der Waals surface area (Å²) in [7, 11) is 0. The highest BCUT2D eigenvalue weighted by molar-refractivity contribution is 6.31. The van der Waals surface area contributed by atoms with Gasteiger partial charge < -0.3 is 9.64 Å². The molecule has 5 heteroatoms. The zero-order chi connectivity index (χ0) is 14.7. The van der Waals surface area contributed by atoms with Crippen LogP contribution in [0, 0.1) is 11.3 Å². The van der Waals surface area contributed by atoms with Crippen molar-refractivity contribution in [2.45, 2.75) is 12.5 Å². The van der Waals surface area contributed by atoms with E-state index >= 15 is 0 Å². The molecule has 0 spiro atoms. The first-order chi connectivity index (χ1) is 10.3. The van der Waals surface area contributed by atoms with Gasteiger partial charge >= 0.3 is 0 Å². The molecule has 0 saturated carbocycles. The molecule has 0 aliphatic carbocycles. The molecule has 4 nitrogen and oxygen atoms in total. The molecule has 1 aromatic carbocycles. The van der Waals surface area contributed by atoms with E-state index in [0.29, 0.717) is 16.3 Å². The third-order valence-electron chi connectivity index (χ3n) is 3.54. The molecule has 21 heavy (non-hydrogen) atoms. The Bertz CT molecular complexity index is 666. The van der Waals surface area contributed by atoms with Gasteiger partial charge in [0.15, 0.2) is 0 Å². The maximum Gasteiger partial charge on any atom is 0.141 e. The Morgan fingerprint density at radius 1 is 1.29 bits per heavy atom. The van der Waals surface area contributed by atoms with E-state index < -0.39 is 0 Å². The number of anilines is 1. The minimum absolute atomic E-state index is 0.112. The van der Waals surface area contributed by atoms with E-state index in [1.165, 1.54) is 0 Å². The fourth-order valence-electron chi connectivity index (χ4n) is 2.44. The van der Waals surface area contributed by atoms with Crippen molar-refractivity contribution in [3.8, 4) is 11.8 Å². The molecule has 0 amide bonds. The third kappa shape index (κ3) is 3.09. The molecule has 1 fully saturated rings. The minimum atomic E-state index is 0.112. The second-order valence-corrected chi connectivity index (χ2v) is 5.35. The highest BCUT2D eigenvalue weighted by atomic mass is 35.5. The lowest BCUT2D eigenvalue weighted by Gasteiger charge is -2.19. The summed E-state index contributed by atoms with van der Waals surface area (Å²) in [5.74, 6) is 0.679.